The van der Waals surface area contributed by atoms with Crippen LogP contribution in [-0.4, -0.2) is 44.9 Å². The predicted molar refractivity (Wildman–Crippen MR) is 97.8 cm³/mol. The van der Waals surface area contributed by atoms with Gasteiger partial charge in [0.25, 0.3) is 0 Å². The summed E-state index contributed by atoms with van der Waals surface area (Å²) in [7, 11) is 3.41. The standard InChI is InChI=1S/C17H24N4O2S/c1-18-17(20-9-7-15-6-4-12-24-15)21-13-14-5-3-8-19-16(14)23-11-10-22-2/h3-6,8,12H,7,9-11,13H2,1-2H3,(H2,18,20,21). The van der Waals surface area contributed by atoms with Crippen molar-refractivity contribution in [2.24, 2.45) is 4.99 Å². The monoisotopic (exact) mass is 348 g/mol. The maximum atomic E-state index is 5.64. The third-order valence-electron chi connectivity index (χ3n) is 3.29. The van der Waals surface area contributed by atoms with Gasteiger partial charge in [-0.3, -0.25) is 4.99 Å². The van der Waals surface area contributed by atoms with Gasteiger partial charge in [-0.25, -0.2) is 4.98 Å². The van der Waals surface area contributed by atoms with Gasteiger partial charge in [0.1, 0.15) is 6.61 Å². The number of guanidine groups is 1. The summed E-state index contributed by atoms with van der Waals surface area (Å²) in [6, 6.07) is 8.09. The summed E-state index contributed by atoms with van der Waals surface area (Å²) in [6.45, 7) is 2.45. The Bertz CT molecular complexity index is 617. The highest BCUT2D eigenvalue weighted by Crippen LogP contribution is 2.13. The first-order valence-corrected chi connectivity index (χ1v) is 8.74. The van der Waals surface area contributed by atoms with Gasteiger partial charge < -0.3 is 20.1 Å². The van der Waals surface area contributed by atoms with Crippen LogP contribution < -0.4 is 15.4 Å². The molecule has 0 aromatic carbocycles. The molecule has 0 aliphatic carbocycles. The Morgan fingerprint density at radius 2 is 2.17 bits per heavy atom. The fourth-order valence-corrected chi connectivity index (χ4v) is 2.78. The molecule has 0 amide bonds. The molecule has 2 aromatic heterocycles. The zero-order valence-electron chi connectivity index (χ0n) is 14.1. The third-order valence-corrected chi connectivity index (χ3v) is 4.23. The normalized spacial score (nSPS) is 11.3. The summed E-state index contributed by atoms with van der Waals surface area (Å²) in [5.74, 6) is 1.38. The van der Waals surface area contributed by atoms with Crippen molar-refractivity contribution in [3.8, 4) is 5.88 Å². The second kappa shape index (κ2) is 10.6. The average Bonchev–Trinajstić information content (AvgIpc) is 3.12. The first-order chi connectivity index (χ1) is 11.8. The summed E-state index contributed by atoms with van der Waals surface area (Å²) in [5, 5.41) is 8.69. The van der Waals surface area contributed by atoms with Crippen LogP contribution in [0.25, 0.3) is 0 Å². The Labute approximate surface area is 146 Å². The quantitative estimate of drug-likeness (QED) is 0.413. The van der Waals surface area contributed by atoms with Gasteiger partial charge in [-0.2, -0.15) is 0 Å². The summed E-state index contributed by atoms with van der Waals surface area (Å²) in [4.78, 5) is 9.88. The van der Waals surface area contributed by atoms with Crippen molar-refractivity contribution >= 4 is 17.3 Å². The Kier molecular flexibility index (Phi) is 8.06. The second-order valence-corrected chi connectivity index (χ2v) is 6.02. The molecule has 0 aliphatic heterocycles. The maximum absolute atomic E-state index is 5.64. The molecule has 0 radical (unpaired) electrons. The van der Waals surface area contributed by atoms with Crippen molar-refractivity contribution in [2.45, 2.75) is 13.0 Å². The molecule has 0 spiro atoms. The Morgan fingerprint density at radius 3 is 2.92 bits per heavy atom. The number of thiophene rings is 1. The van der Waals surface area contributed by atoms with E-state index in [9.17, 15) is 0 Å². The number of ether oxygens (including phenoxy) is 2. The molecule has 0 saturated heterocycles. The molecule has 0 bridgehead atoms. The molecule has 0 fully saturated rings. The van der Waals surface area contributed by atoms with Gasteiger partial charge in [-0.05, 0) is 23.9 Å². The van der Waals surface area contributed by atoms with Gasteiger partial charge in [-0.15, -0.1) is 11.3 Å². The minimum atomic E-state index is 0.480. The van der Waals surface area contributed by atoms with Crippen LogP contribution >= 0.6 is 11.3 Å². The van der Waals surface area contributed by atoms with Gasteiger partial charge in [0, 0.05) is 43.9 Å². The number of aliphatic imine (C=N–C) groups is 1. The van der Waals surface area contributed by atoms with Gasteiger partial charge in [0.15, 0.2) is 5.96 Å². The fraction of sp³-hybridized carbons (Fsp3) is 0.412. The van der Waals surface area contributed by atoms with E-state index in [-0.39, 0.29) is 0 Å². The number of nitrogens with one attached hydrogen (secondary N) is 2. The molecule has 2 N–H and O–H groups in total. The van der Waals surface area contributed by atoms with Crippen LogP contribution in [0.5, 0.6) is 5.88 Å². The van der Waals surface area contributed by atoms with Crippen LogP contribution in [0, 0.1) is 0 Å². The molecule has 24 heavy (non-hydrogen) atoms. The number of aromatic nitrogens is 1. The lowest BCUT2D eigenvalue weighted by molar-refractivity contribution is 0.143. The zero-order valence-corrected chi connectivity index (χ0v) is 14.9. The van der Waals surface area contributed by atoms with E-state index in [1.807, 2.05) is 12.1 Å². The van der Waals surface area contributed by atoms with Crippen molar-refractivity contribution in [3.63, 3.8) is 0 Å². The Morgan fingerprint density at radius 1 is 1.25 bits per heavy atom. The highest BCUT2D eigenvalue weighted by molar-refractivity contribution is 7.09. The number of rotatable bonds is 9. The van der Waals surface area contributed by atoms with E-state index in [4.69, 9.17) is 9.47 Å². The van der Waals surface area contributed by atoms with Crippen molar-refractivity contribution < 1.29 is 9.47 Å². The number of hydrogen-bond donors (Lipinski definition) is 2. The zero-order chi connectivity index (χ0) is 17.0. The lowest BCUT2D eigenvalue weighted by Crippen LogP contribution is -2.37. The first-order valence-electron chi connectivity index (χ1n) is 7.86. The second-order valence-electron chi connectivity index (χ2n) is 4.99. The SMILES string of the molecule is CN=C(NCCc1cccs1)NCc1cccnc1OCCOC. The van der Waals surface area contributed by atoms with E-state index >= 15 is 0 Å². The molecule has 0 saturated carbocycles. The Hall–Kier alpha value is -2.12. The minimum Gasteiger partial charge on any atom is -0.475 e. The highest BCUT2D eigenvalue weighted by Gasteiger charge is 2.06. The lowest BCUT2D eigenvalue weighted by Gasteiger charge is -2.13. The lowest BCUT2D eigenvalue weighted by atomic mass is 10.2. The number of nitrogens with zero attached hydrogens (tertiary/aromatic N) is 2. The topological polar surface area (TPSA) is 67.8 Å². The van der Waals surface area contributed by atoms with Crippen LogP contribution in [-0.2, 0) is 17.7 Å². The average molecular weight is 348 g/mol. The molecule has 6 nitrogen and oxygen atoms in total. The van der Waals surface area contributed by atoms with E-state index in [0.29, 0.717) is 25.6 Å². The summed E-state index contributed by atoms with van der Waals surface area (Å²) < 4.78 is 10.6. The summed E-state index contributed by atoms with van der Waals surface area (Å²) >= 11 is 1.77. The largest absolute Gasteiger partial charge is 0.475 e. The van der Waals surface area contributed by atoms with Gasteiger partial charge >= 0.3 is 0 Å². The van der Waals surface area contributed by atoms with Crippen LogP contribution in [0.2, 0.25) is 0 Å². The Balaban J connectivity index is 1.79. The number of methoxy groups -OCH3 is 1. The van der Waals surface area contributed by atoms with E-state index in [1.54, 1.807) is 31.7 Å². The molecule has 0 unspecified atom stereocenters. The van der Waals surface area contributed by atoms with Gasteiger partial charge in [0.05, 0.1) is 6.61 Å². The first kappa shape index (κ1) is 18.2. The van der Waals surface area contributed by atoms with Crippen LogP contribution in [0.15, 0.2) is 40.8 Å². The third kappa shape index (κ3) is 6.17. The molecular formula is C17H24N4O2S. The number of hydrogen-bond acceptors (Lipinski definition) is 5. The van der Waals surface area contributed by atoms with Crippen molar-refractivity contribution in [1.29, 1.82) is 0 Å². The van der Waals surface area contributed by atoms with E-state index in [0.717, 1.165) is 24.5 Å². The fourth-order valence-electron chi connectivity index (χ4n) is 2.07. The van der Waals surface area contributed by atoms with Crippen LogP contribution in [0.1, 0.15) is 10.4 Å². The van der Waals surface area contributed by atoms with Crippen LogP contribution in [0.3, 0.4) is 0 Å². The van der Waals surface area contributed by atoms with Gasteiger partial charge in [0.2, 0.25) is 5.88 Å². The summed E-state index contributed by atoms with van der Waals surface area (Å²) in [5.41, 5.74) is 0.981. The molecular weight excluding hydrogens is 324 g/mol. The van der Waals surface area contributed by atoms with E-state index in [2.05, 4.69) is 38.1 Å². The van der Waals surface area contributed by atoms with Crippen molar-refractivity contribution in [3.05, 3.63) is 46.3 Å². The number of pyridine rings is 1. The molecule has 0 atom stereocenters. The predicted octanol–water partition coefficient (Wildman–Crippen LogP) is 2.08. The molecule has 2 rings (SSSR count). The van der Waals surface area contributed by atoms with Gasteiger partial charge in [-0.1, -0.05) is 12.1 Å². The minimum absolute atomic E-state index is 0.480. The molecule has 2 heterocycles. The maximum Gasteiger partial charge on any atom is 0.218 e. The van der Waals surface area contributed by atoms with E-state index < -0.39 is 0 Å². The molecule has 130 valence electrons. The highest BCUT2D eigenvalue weighted by atomic mass is 32.1. The van der Waals surface area contributed by atoms with Crippen molar-refractivity contribution in [1.82, 2.24) is 15.6 Å². The van der Waals surface area contributed by atoms with E-state index in [1.165, 1.54) is 4.88 Å². The van der Waals surface area contributed by atoms with Crippen LogP contribution in [0.4, 0.5) is 0 Å². The smallest absolute Gasteiger partial charge is 0.218 e. The molecule has 2 aromatic rings. The van der Waals surface area contributed by atoms with Crippen molar-refractivity contribution in [2.75, 3.05) is 33.9 Å². The molecule has 7 heteroatoms. The summed E-state index contributed by atoms with van der Waals surface area (Å²) in [6.07, 6.45) is 2.70. The molecule has 0 aliphatic rings.